The summed E-state index contributed by atoms with van der Waals surface area (Å²) in [4.78, 5) is 0. The van der Waals surface area contributed by atoms with Gasteiger partial charge in [-0.15, -0.1) is 0 Å². The smallest absolute Gasteiger partial charge is 0.0234 e. The van der Waals surface area contributed by atoms with Crippen LogP contribution in [-0.2, 0) is 0 Å². The molecule has 2 fully saturated rings. The molecule has 2 aliphatic rings. The van der Waals surface area contributed by atoms with Gasteiger partial charge in [-0.2, -0.15) is 0 Å². The molecule has 10 heteroatoms. The maximum atomic E-state index is 3.85. The Labute approximate surface area is 196 Å². The summed E-state index contributed by atoms with van der Waals surface area (Å²) in [5.74, 6) is 0. The molecular weight excluding hydrogens is 404 g/mol. The molecule has 2 rings (SSSR count). The fourth-order valence-corrected chi connectivity index (χ4v) is 4.16. The molecule has 0 spiro atoms. The lowest BCUT2D eigenvalue weighted by Gasteiger charge is -2.30. The van der Waals surface area contributed by atoms with E-state index in [1.807, 2.05) is 0 Å². The normalized spacial score (nSPS) is 29.2. The molecule has 190 valence electrons. The molecule has 0 aromatic heterocycles. The van der Waals surface area contributed by atoms with Crippen LogP contribution in [0, 0.1) is 0 Å². The van der Waals surface area contributed by atoms with Crippen molar-refractivity contribution in [2.45, 2.75) is 24.9 Å². The molecular formula is C22H52N10. The predicted octanol–water partition coefficient (Wildman–Crippen LogP) is -3.57. The van der Waals surface area contributed by atoms with Crippen LogP contribution in [0.3, 0.4) is 0 Å². The highest BCUT2D eigenvalue weighted by atomic mass is 15.1. The van der Waals surface area contributed by atoms with Crippen LogP contribution in [0.15, 0.2) is 0 Å². The molecule has 0 radical (unpaired) electrons. The molecule has 2 saturated heterocycles. The first kappa shape index (κ1) is 27.8. The summed E-state index contributed by atoms with van der Waals surface area (Å²) in [6.45, 7) is 18.4. The predicted molar refractivity (Wildman–Crippen MR) is 136 cm³/mol. The highest BCUT2D eigenvalue weighted by molar-refractivity contribution is 4.84. The van der Waals surface area contributed by atoms with Gasteiger partial charge in [-0.1, -0.05) is 0 Å². The highest BCUT2D eigenvalue weighted by Gasteiger charge is 2.20. The molecule has 2 heterocycles. The summed E-state index contributed by atoms with van der Waals surface area (Å²) in [7, 11) is 0. The van der Waals surface area contributed by atoms with Gasteiger partial charge < -0.3 is 53.2 Å². The summed E-state index contributed by atoms with van der Waals surface area (Å²) >= 11 is 0. The average molecular weight is 457 g/mol. The second-order valence-corrected chi connectivity index (χ2v) is 8.70. The molecule has 10 nitrogen and oxygen atoms in total. The van der Waals surface area contributed by atoms with Gasteiger partial charge in [0.15, 0.2) is 0 Å². The van der Waals surface area contributed by atoms with Crippen LogP contribution in [0.25, 0.3) is 0 Å². The second-order valence-electron chi connectivity index (χ2n) is 8.70. The first-order valence-electron chi connectivity index (χ1n) is 13.1. The molecule has 0 bridgehead atoms. The van der Waals surface area contributed by atoms with Gasteiger partial charge in [0, 0.05) is 117 Å². The quantitative estimate of drug-likeness (QED) is 0.194. The third-order valence-electron chi connectivity index (χ3n) is 6.04. The van der Waals surface area contributed by atoms with Gasteiger partial charge in [0.1, 0.15) is 0 Å². The molecule has 0 aliphatic carbocycles. The Kier molecular flexibility index (Phi) is 18.4. The van der Waals surface area contributed by atoms with Gasteiger partial charge in [-0.3, -0.25) is 0 Å². The maximum absolute atomic E-state index is 3.85. The maximum Gasteiger partial charge on any atom is 0.0234 e. The topological polar surface area (TPSA) is 120 Å². The Balaban J connectivity index is 1.83. The SMILES string of the molecule is C1CNCCNCCC(C2CCNCCNCCNCCNCCN2)NCCNCCN1. The molecule has 2 aliphatic heterocycles. The third kappa shape index (κ3) is 15.4. The van der Waals surface area contributed by atoms with Crippen molar-refractivity contribution >= 4 is 0 Å². The van der Waals surface area contributed by atoms with E-state index >= 15 is 0 Å². The zero-order valence-electron chi connectivity index (χ0n) is 20.3. The van der Waals surface area contributed by atoms with Crippen molar-refractivity contribution in [3.8, 4) is 0 Å². The highest BCUT2D eigenvalue weighted by Crippen LogP contribution is 2.04. The molecule has 0 aromatic rings. The lowest BCUT2D eigenvalue weighted by molar-refractivity contribution is 0.326. The Morgan fingerprint density at radius 3 is 0.750 bits per heavy atom. The number of hydrogen-bond donors (Lipinski definition) is 10. The molecule has 2 atom stereocenters. The standard InChI is InChI=1S/C22H52N10/c1-3-23-5-7-25-9-11-27-13-15-29-17-19-31-21(1)22-2-4-24-6-8-26-10-12-28-14-16-30-18-20-32-22/h21-32H,1-20H2. The van der Waals surface area contributed by atoms with Crippen molar-refractivity contribution in [3.63, 3.8) is 0 Å². The minimum absolute atomic E-state index is 0.462. The van der Waals surface area contributed by atoms with Gasteiger partial charge in [0.25, 0.3) is 0 Å². The summed E-state index contributed by atoms with van der Waals surface area (Å²) in [5, 5.41) is 36.0. The van der Waals surface area contributed by atoms with Crippen LogP contribution in [-0.4, -0.2) is 130 Å². The Bertz CT molecular complexity index is 333. The van der Waals surface area contributed by atoms with Gasteiger partial charge in [-0.25, -0.2) is 0 Å². The first-order chi connectivity index (χ1) is 16.0. The second kappa shape index (κ2) is 21.2. The molecule has 0 amide bonds. The van der Waals surface area contributed by atoms with E-state index in [4.69, 9.17) is 0 Å². The van der Waals surface area contributed by atoms with E-state index in [-0.39, 0.29) is 0 Å². The number of nitrogens with one attached hydrogen (secondary N) is 10. The first-order valence-corrected chi connectivity index (χ1v) is 13.1. The van der Waals surface area contributed by atoms with E-state index in [0.717, 1.165) is 131 Å². The van der Waals surface area contributed by atoms with Crippen LogP contribution in [0.5, 0.6) is 0 Å². The van der Waals surface area contributed by atoms with Crippen molar-refractivity contribution in [2.75, 3.05) is 118 Å². The van der Waals surface area contributed by atoms with E-state index in [0.29, 0.717) is 12.1 Å². The lowest BCUT2D eigenvalue weighted by atomic mass is 10.0. The zero-order chi connectivity index (χ0) is 22.4. The molecule has 10 N–H and O–H groups in total. The third-order valence-corrected chi connectivity index (χ3v) is 6.04. The van der Waals surface area contributed by atoms with Crippen molar-refractivity contribution in [2.24, 2.45) is 0 Å². The summed E-state index contributed by atoms with van der Waals surface area (Å²) < 4.78 is 0. The Hall–Kier alpha value is -0.400. The summed E-state index contributed by atoms with van der Waals surface area (Å²) in [5.41, 5.74) is 0. The minimum atomic E-state index is 0.462. The van der Waals surface area contributed by atoms with E-state index in [9.17, 15) is 0 Å². The Morgan fingerprint density at radius 1 is 0.250 bits per heavy atom. The molecule has 0 aromatic carbocycles. The fourth-order valence-electron chi connectivity index (χ4n) is 4.16. The largest absolute Gasteiger partial charge is 0.315 e. The van der Waals surface area contributed by atoms with Gasteiger partial charge in [0.05, 0.1) is 0 Å². The Morgan fingerprint density at radius 2 is 0.469 bits per heavy atom. The summed E-state index contributed by atoms with van der Waals surface area (Å²) in [6, 6.07) is 0.924. The van der Waals surface area contributed by atoms with E-state index in [2.05, 4.69) is 53.2 Å². The lowest BCUT2D eigenvalue weighted by Crippen LogP contribution is -2.53. The van der Waals surface area contributed by atoms with Gasteiger partial charge >= 0.3 is 0 Å². The number of rotatable bonds is 1. The van der Waals surface area contributed by atoms with Gasteiger partial charge in [0.2, 0.25) is 0 Å². The van der Waals surface area contributed by atoms with Gasteiger partial charge in [-0.05, 0) is 25.9 Å². The monoisotopic (exact) mass is 456 g/mol. The van der Waals surface area contributed by atoms with E-state index in [1.54, 1.807) is 0 Å². The zero-order valence-corrected chi connectivity index (χ0v) is 20.3. The van der Waals surface area contributed by atoms with Crippen LogP contribution in [0.1, 0.15) is 12.8 Å². The van der Waals surface area contributed by atoms with Crippen LogP contribution < -0.4 is 53.2 Å². The van der Waals surface area contributed by atoms with Crippen LogP contribution >= 0.6 is 0 Å². The minimum Gasteiger partial charge on any atom is -0.315 e. The number of hydrogen-bond acceptors (Lipinski definition) is 10. The molecule has 2 unspecified atom stereocenters. The average Bonchev–Trinajstić information content (AvgIpc) is 2.79. The van der Waals surface area contributed by atoms with Crippen molar-refractivity contribution in [3.05, 3.63) is 0 Å². The van der Waals surface area contributed by atoms with Crippen LogP contribution in [0.4, 0.5) is 0 Å². The molecule has 32 heavy (non-hydrogen) atoms. The summed E-state index contributed by atoms with van der Waals surface area (Å²) in [6.07, 6.45) is 2.27. The fraction of sp³-hybridized carbons (Fsp3) is 1.00. The van der Waals surface area contributed by atoms with Crippen molar-refractivity contribution in [1.29, 1.82) is 0 Å². The van der Waals surface area contributed by atoms with Crippen LogP contribution in [0.2, 0.25) is 0 Å². The van der Waals surface area contributed by atoms with E-state index in [1.165, 1.54) is 0 Å². The van der Waals surface area contributed by atoms with Crippen molar-refractivity contribution in [1.82, 2.24) is 53.2 Å². The molecule has 0 saturated carbocycles. The van der Waals surface area contributed by atoms with Crippen molar-refractivity contribution < 1.29 is 0 Å². The van der Waals surface area contributed by atoms with E-state index < -0.39 is 0 Å².